The Balaban J connectivity index is 2.40. The van der Waals surface area contributed by atoms with Gasteiger partial charge in [-0.2, -0.15) is 4.79 Å². The highest BCUT2D eigenvalue weighted by molar-refractivity contribution is 5.56. The Labute approximate surface area is 78.0 Å². The summed E-state index contributed by atoms with van der Waals surface area (Å²) >= 11 is 0. The molecule has 1 aromatic heterocycles. The van der Waals surface area contributed by atoms with Gasteiger partial charge >= 0.3 is 6.09 Å². The predicted molar refractivity (Wildman–Crippen MR) is 48.3 cm³/mol. The van der Waals surface area contributed by atoms with E-state index in [4.69, 9.17) is 4.74 Å². The van der Waals surface area contributed by atoms with Crippen LogP contribution in [0.15, 0.2) is 30.6 Å². The molecule has 1 heterocycles. The number of rotatable bonds is 3. The van der Waals surface area contributed by atoms with Gasteiger partial charge in [0.05, 0.1) is 6.61 Å². The molecule has 1 aromatic rings. The first kappa shape index (κ1) is 9.71. The fourth-order valence-corrected chi connectivity index (χ4v) is 0.899. The summed E-state index contributed by atoms with van der Waals surface area (Å²) in [5, 5.41) is 0. The Kier molecular flexibility index (Phi) is 3.96. The number of ether oxygens (including phenoxy) is 1. The van der Waals surface area contributed by atoms with E-state index < -0.39 is 0 Å². The van der Waals surface area contributed by atoms with Gasteiger partial charge in [0.15, 0.2) is 12.4 Å². The van der Waals surface area contributed by atoms with E-state index in [1.165, 1.54) is 4.57 Å². The first-order chi connectivity index (χ1) is 6.34. The Hall–Kier alpha value is -1.38. The summed E-state index contributed by atoms with van der Waals surface area (Å²) in [5.74, 6) is 0. The van der Waals surface area contributed by atoms with Crippen molar-refractivity contribution in [1.82, 2.24) is 0 Å². The van der Waals surface area contributed by atoms with E-state index >= 15 is 0 Å². The lowest BCUT2D eigenvalue weighted by molar-refractivity contribution is -0.586. The van der Waals surface area contributed by atoms with Gasteiger partial charge in [0.2, 0.25) is 0 Å². The number of hydrogen-bond acceptors (Lipinski definition) is 2. The van der Waals surface area contributed by atoms with E-state index in [0.29, 0.717) is 6.61 Å². The summed E-state index contributed by atoms with van der Waals surface area (Å²) in [5.41, 5.74) is 0. The second kappa shape index (κ2) is 5.30. The quantitative estimate of drug-likeness (QED) is 0.524. The van der Waals surface area contributed by atoms with Crippen LogP contribution in [0.4, 0.5) is 4.79 Å². The van der Waals surface area contributed by atoms with Gasteiger partial charge in [-0.15, -0.1) is 0 Å². The molecule has 0 amide bonds. The van der Waals surface area contributed by atoms with Crippen molar-refractivity contribution < 1.29 is 14.1 Å². The Morgan fingerprint density at radius 1 is 1.31 bits per heavy atom. The normalized spacial score (nSPS) is 9.62. The maximum Gasteiger partial charge on any atom is 0.601 e. The van der Waals surface area contributed by atoms with Gasteiger partial charge in [0.25, 0.3) is 0 Å². The fourth-order valence-electron chi connectivity index (χ4n) is 0.899. The molecular formula is C10H14NO2+. The Morgan fingerprint density at radius 3 is 2.62 bits per heavy atom. The van der Waals surface area contributed by atoms with E-state index in [1.807, 2.05) is 6.07 Å². The zero-order chi connectivity index (χ0) is 9.52. The molecule has 0 fully saturated rings. The molecule has 0 aromatic carbocycles. The van der Waals surface area contributed by atoms with Crippen molar-refractivity contribution in [3.8, 4) is 0 Å². The minimum absolute atomic E-state index is 0.311. The summed E-state index contributed by atoms with van der Waals surface area (Å²) < 4.78 is 6.42. The van der Waals surface area contributed by atoms with Crippen molar-refractivity contribution in [3.05, 3.63) is 30.6 Å². The highest BCUT2D eigenvalue weighted by atomic mass is 16.5. The largest absolute Gasteiger partial charge is 0.601 e. The van der Waals surface area contributed by atoms with Crippen LogP contribution in [0, 0.1) is 0 Å². The van der Waals surface area contributed by atoms with Gasteiger partial charge in [-0.25, -0.2) is 0 Å². The number of carbonyl (C=O) groups is 1. The molecule has 3 nitrogen and oxygen atoms in total. The molecule has 0 bridgehead atoms. The van der Waals surface area contributed by atoms with Crippen molar-refractivity contribution in [1.29, 1.82) is 0 Å². The van der Waals surface area contributed by atoms with E-state index in [0.717, 1.165) is 12.8 Å². The third-order valence-corrected chi connectivity index (χ3v) is 1.65. The standard InChI is InChI=1S/C10H14NO2/c1-2-3-9-13-10(12)11-7-5-4-6-8-11/h4-8H,2-3,9H2,1H3/q+1. The zero-order valence-corrected chi connectivity index (χ0v) is 7.77. The van der Waals surface area contributed by atoms with Crippen LogP contribution in [-0.2, 0) is 4.74 Å². The van der Waals surface area contributed by atoms with Gasteiger partial charge in [-0.05, 0) is 6.42 Å². The number of aromatic nitrogens is 1. The number of unbranched alkanes of at least 4 members (excludes halogenated alkanes) is 1. The van der Waals surface area contributed by atoms with Crippen LogP contribution in [0.5, 0.6) is 0 Å². The van der Waals surface area contributed by atoms with Crippen LogP contribution in [0.2, 0.25) is 0 Å². The van der Waals surface area contributed by atoms with Crippen molar-refractivity contribution >= 4 is 6.09 Å². The van der Waals surface area contributed by atoms with Gasteiger partial charge in [0, 0.05) is 12.1 Å². The molecule has 0 aliphatic rings. The van der Waals surface area contributed by atoms with Crippen LogP contribution < -0.4 is 4.57 Å². The lowest BCUT2D eigenvalue weighted by Crippen LogP contribution is -2.42. The van der Waals surface area contributed by atoms with Crippen LogP contribution >= 0.6 is 0 Å². The second-order valence-electron chi connectivity index (χ2n) is 2.75. The summed E-state index contributed by atoms with van der Waals surface area (Å²) in [6.07, 6.45) is 4.99. The monoisotopic (exact) mass is 180 g/mol. The highest BCUT2D eigenvalue weighted by Gasteiger charge is 2.13. The van der Waals surface area contributed by atoms with Crippen molar-refractivity contribution in [2.24, 2.45) is 0 Å². The SMILES string of the molecule is CCCCOC(=O)[n+]1ccccc1. The molecule has 0 aliphatic heterocycles. The molecule has 0 saturated heterocycles. The first-order valence-electron chi connectivity index (χ1n) is 4.48. The average molecular weight is 180 g/mol. The number of hydrogen-bond donors (Lipinski definition) is 0. The van der Waals surface area contributed by atoms with Crippen LogP contribution in [-0.4, -0.2) is 12.7 Å². The minimum Gasteiger partial charge on any atom is -0.412 e. The fraction of sp³-hybridized carbons (Fsp3) is 0.400. The van der Waals surface area contributed by atoms with Crippen molar-refractivity contribution in [2.75, 3.05) is 6.61 Å². The number of nitrogens with zero attached hydrogens (tertiary/aromatic N) is 1. The topological polar surface area (TPSA) is 30.2 Å². The maximum atomic E-state index is 11.3. The summed E-state index contributed by atoms with van der Waals surface area (Å²) in [6.45, 7) is 2.56. The van der Waals surface area contributed by atoms with E-state index in [-0.39, 0.29) is 6.09 Å². The third kappa shape index (κ3) is 3.23. The molecule has 1 rings (SSSR count). The Bertz CT molecular complexity index is 259. The molecule has 13 heavy (non-hydrogen) atoms. The van der Waals surface area contributed by atoms with Crippen LogP contribution in [0.25, 0.3) is 0 Å². The summed E-state index contributed by atoms with van der Waals surface area (Å²) in [7, 11) is 0. The molecule has 0 aliphatic carbocycles. The summed E-state index contributed by atoms with van der Waals surface area (Å²) in [6, 6.07) is 5.44. The summed E-state index contributed by atoms with van der Waals surface area (Å²) in [4.78, 5) is 11.3. The smallest absolute Gasteiger partial charge is 0.412 e. The molecular weight excluding hydrogens is 166 g/mol. The molecule has 0 unspecified atom stereocenters. The van der Waals surface area contributed by atoms with Crippen LogP contribution in [0.3, 0.4) is 0 Å². The first-order valence-corrected chi connectivity index (χ1v) is 4.48. The molecule has 0 saturated carbocycles. The number of carbonyl (C=O) groups excluding carboxylic acids is 1. The molecule has 0 N–H and O–H groups in total. The highest BCUT2D eigenvalue weighted by Crippen LogP contribution is 1.88. The van der Waals surface area contributed by atoms with Gasteiger partial charge in [-0.1, -0.05) is 24.0 Å². The minimum atomic E-state index is -0.311. The molecule has 0 atom stereocenters. The lowest BCUT2D eigenvalue weighted by atomic mass is 10.4. The average Bonchev–Trinajstić information content (AvgIpc) is 2.19. The zero-order valence-electron chi connectivity index (χ0n) is 7.77. The van der Waals surface area contributed by atoms with Crippen molar-refractivity contribution in [3.63, 3.8) is 0 Å². The molecule has 3 heteroatoms. The van der Waals surface area contributed by atoms with Gasteiger partial charge in [0.1, 0.15) is 0 Å². The van der Waals surface area contributed by atoms with Gasteiger partial charge in [-0.3, -0.25) is 0 Å². The predicted octanol–water partition coefficient (Wildman–Crippen LogP) is 1.76. The van der Waals surface area contributed by atoms with E-state index in [2.05, 4.69) is 6.92 Å². The lowest BCUT2D eigenvalue weighted by Gasteiger charge is -1.96. The molecule has 70 valence electrons. The Morgan fingerprint density at radius 2 is 2.00 bits per heavy atom. The van der Waals surface area contributed by atoms with Crippen molar-refractivity contribution in [2.45, 2.75) is 19.8 Å². The maximum absolute atomic E-state index is 11.3. The van der Waals surface area contributed by atoms with Gasteiger partial charge < -0.3 is 4.74 Å². The third-order valence-electron chi connectivity index (χ3n) is 1.65. The number of pyridine rings is 1. The molecule has 0 radical (unpaired) electrons. The van der Waals surface area contributed by atoms with E-state index in [1.54, 1.807) is 24.5 Å². The van der Waals surface area contributed by atoms with E-state index in [9.17, 15) is 4.79 Å². The molecule has 0 spiro atoms. The van der Waals surface area contributed by atoms with Crippen LogP contribution in [0.1, 0.15) is 19.8 Å². The second-order valence-corrected chi connectivity index (χ2v) is 2.75.